The molecule has 1 aromatic carbocycles. The lowest BCUT2D eigenvalue weighted by Gasteiger charge is -2.31. The fourth-order valence-corrected chi connectivity index (χ4v) is 5.84. The highest BCUT2D eigenvalue weighted by Crippen LogP contribution is 2.45. The average Bonchev–Trinajstić information content (AvgIpc) is 3.30. The molecule has 2 unspecified atom stereocenters. The molecule has 2 N–H and O–H groups in total. The van der Waals surface area contributed by atoms with Gasteiger partial charge >= 0.3 is 5.97 Å². The minimum absolute atomic E-state index is 0.0544. The number of rotatable bonds is 2. The highest BCUT2D eigenvalue weighted by molar-refractivity contribution is 5.93. The average molecular weight is 510 g/mol. The lowest BCUT2D eigenvalue weighted by atomic mass is 9.81. The number of pyridine rings is 2. The number of esters is 1. The van der Waals surface area contributed by atoms with Crippen LogP contribution in [0.3, 0.4) is 0 Å². The fourth-order valence-electron chi connectivity index (χ4n) is 5.84. The molecule has 0 spiro atoms. The molecule has 6 rings (SSSR count). The summed E-state index contributed by atoms with van der Waals surface area (Å²) in [6, 6.07) is 3.22. The monoisotopic (exact) mass is 509 g/mol. The predicted octanol–water partition coefficient (Wildman–Crippen LogP) is 4.79. The first-order valence-corrected chi connectivity index (χ1v) is 13.3. The van der Waals surface area contributed by atoms with Crippen LogP contribution in [0.1, 0.15) is 86.9 Å². The minimum Gasteiger partial charge on any atom is -0.458 e. The Morgan fingerprint density at radius 1 is 1.19 bits per heavy atom. The third kappa shape index (κ3) is 3.72. The number of carbonyl (C=O) groups is 1. The van der Waals surface area contributed by atoms with Crippen molar-refractivity contribution in [3.8, 4) is 11.4 Å². The van der Waals surface area contributed by atoms with Gasteiger partial charge in [0.2, 0.25) is 0 Å². The van der Waals surface area contributed by atoms with Crippen LogP contribution in [0.15, 0.2) is 16.9 Å². The number of carbonyl (C=O) groups excluding carboxylic acids is 1. The van der Waals surface area contributed by atoms with Crippen molar-refractivity contribution in [2.45, 2.75) is 85.6 Å². The van der Waals surface area contributed by atoms with Crippen LogP contribution in [0.5, 0.6) is 0 Å². The molecular weight excluding hydrogens is 473 g/mol. The molecular formula is C29H36FN3O4. The number of hydrogen-bond acceptors (Lipinski definition) is 6. The third-order valence-electron chi connectivity index (χ3n) is 7.73. The molecule has 0 saturated heterocycles. The van der Waals surface area contributed by atoms with E-state index in [1.165, 1.54) is 6.07 Å². The Balaban J connectivity index is 0.000000765. The molecule has 2 aliphatic heterocycles. The summed E-state index contributed by atoms with van der Waals surface area (Å²) in [5.41, 5.74) is 3.71. The molecule has 2 aromatic heterocycles. The number of nitrogens with one attached hydrogen (secondary N) is 1. The second-order valence-electron chi connectivity index (χ2n) is 9.19. The molecule has 0 bridgehead atoms. The zero-order chi connectivity index (χ0) is 27.2. The molecule has 1 aliphatic carbocycles. The highest BCUT2D eigenvalue weighted by atomic mass is 19.1. The smallest absolute Gasteiger partial charge is 0.343 e. The molecule has 0 saturated carbocycles. The van der Waals surface area contributed by atoms with Crippen molar-refractivity contribution in [1.82, 2.24) is 14.9 Å². The lowest BCUT2D eigenvalue weighted by molar-refractivity contribution is -0.172. The van der Waals surface area contributed by atoms with E-state index < -0.39 is 11.6 Å². The van der Waals surface area contributed by atoms with Gasteiger partial charge in [-0.1, -0.05) is 34.6 Å². The molecule has 198 valence electrons. The van der Waals surface area contributed by atoms with E-state index in [1.807, 2.05) is 34.7 Å². The van der Waals surface area contributed by atoms with Crippen molar-refractivity contribution in [2.24, 2.45) is 0 Å². The van der Waals surface area contributed by atoms with Gasteiger partial charge in [-0.25, -0.2) is 14.2 Å². The highest BCUT2D eigenvalue weighted by Gasteiger charge is 2.45. The standard InChI is InChI=1S/C25H24FN3O4.2C2H6/c1-4-25(32)15-7-19-22-13(9-29(19)23(30)14(15)10-33-24(25)31)21-17(27-3)6-5-12-11(2)16(26)8-18(28-22)20(12)21;2*1-2/h7-8,17,27,32H,4-6,9-10H2,1-3H3;2*1-2H3. The lowest BCUT2D eigenvalue weighted by Crippen LogP contribution is -2.44. The number of nitrogens with zero attached hydrogens (tertiary/aromatic N) is 2. The van der Waals surface area contributed by atoms with Gasteiger partial charge in [-0.2, -0.15) is 0 Å². The van der Waals surface area contributed by atoms with E-state index in [2.05, 4.69) is 5.32 Å². The van der Waals surface area contributed by atoms with Crippen LogP contribution in [-0.4, -0.2) is 27.7 Å². The van der Waals surface area contributed by atoms with Crippen molar-refractivity contribution in [3.05, 3.63) is 61.7 Å². The first-order chi connectivity index (χ1) is 17.8. The molecule has 37 heavy (non-hydrogen) atoms. The Labute approximate surface area is 216 Å². The molecule has 4 heterocycles. The quantitative estimate of drug-likeness (QED) is 0.378. The van der Waals surface area contributed by atoms with Gasteiger partial charge in [0.15, 0.2) is 5.60 Å². The van der Waals surface area contributed by atoms with Gasteiger partial charge in [-0.15, -0.1) is 0 Å². The number of aromatic nitrogens is 2. The second-order valence-corrected chi connectivity index (χ2v) is 9.19. The molecule has 0 amide bonds. The number of aryl methyl sites for hydroxylation is 1. The van der Waals surface area contributed by atoms with Crippen molar-refractivity contribution >= 4 is 16.9 Å². The number of hydrogen-bond donors (Lipinski definition) is 2. The van der Waals surface area contributed by atoms with Crippen molar-refractivity contribution in [3.63, 3.8) is 0 Å². The maximum Gasteiger partial charge on any atom is 0.343 e. The van der Waals surface area contributed by atoms with Gasteiger partial charge < -0.3 is 19.7 Å². The van der Waals surface area contributed by atoms with Crippen LogP contribution in [0.2, 0.25) is 0 Å². The van der Waals surface area contributed by atoms with Gasteiger partial charge in [-0.3, -0.25) is 4.79 Å². The number of aliphatic hydroxyl groups is 1. The van der Waals surface area contributed by atoms with Crippen LogP contribution < -0.4 is 10.9 Å². The molecule has 8 heteroatoms. The normalized spacial score (nSPS) is 20.6. The molecule has 7 nitrogen and oxygen atoms in total. The zero-order valence-electron chi connectivity index (χ0n) is 22.7. The van der Waals surface area contributed by atoms with E-state index >= 15 is 0 Å². The van der Waals surface area contributed by atoms with E-state index in [-0.39, 0.29) is 36.0 Å². The summed E-state index contributed by atoms with van der Waals surface area (Å²) in [5, 5.41) is 15.4. The van der Waals surface area contributed by atoms with Crippen LogP contribution in [0.4, 0.5) is 4.39 Å². The molecule has 2 atom stereocenters. The summed E-state index contributed by atoms with van der Waals surface area (Å²) >= 11 is 0. The van der Waals surface area contributed by atoms with Gasteiger partial charge in [0.1, 0.15) is 12.4 Å². The summed E-state index contributed by atoms with van der Waals surface area (Å²) in [6.07, 6.45) is 1.66. The SMILES string of the molecule is CC.CC.CCC1(O)C(=O)OCc2c1cc1n(c2=O)Cc2c-1nc1cc(F)c(C)c3c1c2C(NC)CC3. The predicted molar refractivity (Wildman–Crippen MR) is 142 cm³/mol. The maximum absolute atomic E-state index is 14.8. The molecule has 0 radical (unpaired) electrons. The Bertz CT molecular complexity index is 1460. The van der Waals surface area contributed by atoms with E-state index in [0.717, 1.165) is 34.9 Å². The molecule has 3 aromatic rings. The van der Waals surface area contributed by atoms with Crippen LogP contribution in [0.25, 0.3) is 22.3 Å². The van der Waals surface area contributed by atoms with Crippen LogP contribution in [0, 0.1) is 12.7 Å². The Kier molecular flexibility index (Phi) is 7.27. The van der Waals surface area contributed by atoms with Crippen molar-refractivity contribution < 1.29 is 19.0 Å². The number of benzene rings is 1. The van der Waals surface area contributed by atoms with E-state index in [0.29, 0.717) is 34.6 Å². The van der Waals surface area contributed by atoms with E-state index in [1.54, 1.807) is 24.5 Å². The Morgan fingerprint density at radius 3 is 2.54 bits per heavy atom. The number of ether oxygens (including phenoxy) is 1. The van der Waals surface area contributed by atoms with Crippen LogP contribution in [-0.2, 0) is 34.7 Å². The number of cyclic esters (lactones) is 1. The Morgan fingerprint density at radius 2 is 1.89 bits per heavy atom. The van der Waals surface area contributed by atoms with Gasteiger partial charge in [-0.05, 0) is 56.0 Å². The van der Waals surface area contributed by atoms with E-state index in [9.17, 15) is 19.1 Å². The summed E-state index contributed by atoms with van der Waals surface area (Å²) in [6.45, 7) is 11.6. The summed E-state index contributed by atoms with van der Waals surface area (Å²) in [4.78, 5) is 30.7. The van der Waals surface area contributed by atoms with Gasteiger partial charge in [0.25, 0.3) is 5.56 Å². The summed E-state index contributed by atoms with van der Waals surface area (Å²) in [7, 11) is 1.90. The molecule has 0 fully saturated rings. The van der Waals surface area contributed by atoms with Gasteiger partial charge in [0.05, 0.1) is 29.0 Å². The van der Waals surface area contributed by atoms with Crippen molar-refractivity contribution in [2.75, 3.05) is 7.05 Å². The first kappa shape index (κ1) is 26.9. The van der Waals surface area contributed by atoms with E-state index in [4.69, 9.17) is 9.72 Å². The maximum atomic E-state index is 14.8. The third-order valence-corrected chi connectivity index (χ3v) is 7.73. The largest absolute Gasteiger partial charge is 0.458 e. The topological polar surface area (TPSA) is 93.5 Å². The first-order valence-electron chi connectivity index (χ1n) is 13.3. The summed E-state index contributed by atoms with van der Waals surface area (Å²) < 4.78 is 21.5. The number of halogens is 1. The van der Waals surface area contributed by atoms with Crippen LogP contribution >= 0.6 is 0 Å². The fraction of sp³-hybridized carbons (Fsp3) is 0.483. The Hall–Kier alpha value is -3.10. The zero-order valence-corrected chi connectivity index (χ0v) is 22.7. The molecule has 3 aliphatic rings. The summed E-state index contributed by atoms with van der Waals surface area (Å²) in [5.74, 6) is -1.04. The number of fused-ring (bicyclic) bond motifs is 5. The van der Waals surface area contributed by atoms with Gasteiger partial charge in [0, 0.05) is 28.6 Å². The van der Waals surface area contributed by atoms with Crippen molar-refractivity contribution in [1.29, 1.82) is 0 Å². The minimum atomic E-state index is -1.87. The second kappa shape index (κ2) is 9.99.